The number of piperidine rings is 1. The highest BCUT2D eigenvalue weighted by Crippen LogP contribution is 2.21. The molecule has 3 heterocycles. The Morgan fingerprint density at radius 1 is 1.24 bits per heavy atom. The zero-order valence-corrected chi connectivity index (χ0v) is 12.1. The third-order valence-corrected chi connectivity index (χ3v) is 4.60. The maximum atomic E-state index is 12.5. The Morgan fingerprint density at radius 2 is 2.10 bits per heavy atom. The lowest BCUT2D eigenvalue weighted by Gasteiger charge is -2.41. The molecule has 3 fully saturated rings. The standard InChI is InChI=1S/C14H22N4O3/c19-12-6-10(7-16-12)14(21)17-4-1-2-11(9-17)18-5-3-15-8-13(18)20/h10-11,15H,1-9H2,(H,16,19). The summed E-state index contributed by atoms with van der Waals surface area (Å²) in [7, 11) is 0. The molecule has 21 heavy (non-hydrogen) atoms. The lowest BCUT2D eigenvalue weighted by Crippen LogP contribution is -2.58. The van der Waals surface area contributed by atoms with Crippen molar-refractivity contribution in [2.24, 2.45) is 5.92 Å². The summed E-state index contributed by atoms with van der Waals surface area (Å²) in [6.45, 7) is 3.72. The summed E-state index contributed by atoms with van der Waals surface area (Å²) in [5, 5.41) is 5.78. The molecule has 0 aliphatic carbocycles. The van der Waals surface area contributed by atoms with Gasteiger partial charge in [-0.3, -0.25) is 14.4 Å². The fourth-order valence-electron chi connectivity index (χ4n) is 3.45. The van der Waals surface area contributed by atoms with Gasteiger partial charge < -0.3 is 20.4 Å². The molecular weight excluding hydrogens is 272 g/mol. The van der Waals surface area contributed by atoms with Crippen molar-refractivity contribution in [3.05, 3.63) is 0 Å². The van der Waals surface area contributed by atoms with E-state index in [0.717, 1.165) is 32.5 Å². The molecule has 0 aromatic carbocycles. The van der Waals surface area contributed by atoms with Crippen LogP contribution in [0.3, 0.4) is 0 Å². The third-order valence-electron chi connectivity index (χ3n) is 4.60. The molecule has 116 valence electrons. The van der Waals surface area contributed by atoms with Gasteiger partial charge in [0.1, 0.15) is 0 Å². The van der Waals surface area contributed by atoms with E-state index >= 15 is 0 Å². The van der Waals surface area contributed by atoms with Crippen molar-refractivity contribution < 1.29 is 14.4 Å². The van der Waals surface area contributed by atoms with E-state index in [2.05, 4.69) is 10.6 Å². The van der Waals surface area contributed by atoms with Crippen LogP contribution in [0.25, 0.3) is 0 Å². The van der Waals surface area contributed by atoms with Crippen LogP contribution >= 0.6 is 0 Å². The summed E-state index contributed by atoms with van der Waals surface area (Å²) in [5.74, 6) is -0.0898. The Morgan fingerprint density at radius 3 is 2.81 bits per heavy atom. The fourth-order valence-corrected chi connectivity index (χ4v) is 3.45. The lowest BCUT2D eigenvalue weighted by atomic mass is 10.00. The molecule has 2 atom stereocenters. The average molecular weight is 294 g/mol. The molecule has 3 rings (SSSR count). The number of carbonyl (C=O) groups excluding carboxylic acids is 3. The normalized spacial score (nSPS) is 30.5. The van der Waals surface area contributed by atoms with Gasteiger partial charge in [0.15, 0.2) is 0 Å². The number of nitrogens with zero attached hydrogens (tertiary/aromatic N) is 2. The molecule has 2 N–H and O–H groups in total. The van der Waals surface area contributed by atoms with Gasteiger partial charge in [-0.25, -0.2) is 0 Å². The van der Waals surface area contributed by atoms with Crippen LogP contribution in [0.2, 0.25) is 0 Å². The second-order valence-electron chi connectivity index (χ2n) is 6.05. The Labute approximate surface area is 124 Å². The maximum absolute atomic E-state index is 12.5. The average Bonchev–Trinajstić information content (AvgIpc) is 2.94. The van der Waals surface area contributed by atoms with Crippen LogP contribution in [0.4, 0.5) is 0 Å². The van der Waals surface area contributed by atoms with E-state index in [1.165, 1.54) is 0 Å². The minimum atomic E-state index is -0.227. The van der Waals surface area contributed by atoms with Crippen LogP contribution in [0, 0.1) is 5.92 Å². The van der Waals surface area contributed by atoms with Crippen LogP contribution in [0.5, 0.6) is 0 Å². The molecule has 2 unspecified atom stereocenters. The zero-order valence-electron chi connectivity index (χ0n) is 12.1. The topological polar surface area (TPSA) is 81.8 Å². The van der Waals surface area contributed by atoms with E-state index in [1.54, 1.807) is 0 Å². The SMILES string of the molecule is O=C1CC(C(=O)N2CCCC(N3CCNCC3=O)C2)CN1. The third kappa shape index (κ3) is 3.02. The minimum absolute atomic E-state index is 0.0424. The largest absolute Gasteiger partial charge is 0.355 e. The number of nitrogens with one attached hydrogen (secondary N) is 2. The van der Waals surface area contributed by atoms with Crippen LogP contribution in [-0.2, 0) is 14.4 Å². The number of amides is 3. The highest BCUT2D eigenvalue weighted by molar-refractivity contribution is 5.89. The monoisotopic (exact) mass is 294 g/mol. The first-order valence-corrected chi connectivity index (χ1v) is 7.71. The Balaban J connectivity index is 1.61. The number of hydrogen-bond acceptors (Lipinski definition) is 4. The number of piperazine rings is 1. The molecule has 0 saturated carbocycles. The van der Waals surface area contributed by atoms with Crippen molar-refractivity contribution in [2.75, 3.05) is 39.3 Å². The molecular formula is C14H22N4O3. The van der Waals surface area contributed by atoms with Crippen molar-refractivity contribution >= 4 is 17.7 Å². The summed E-state index contributed by atoms with van der Waals surface area (Å²) in [4.78, 5) is 39.5. The summed E-state index contributed by atoms with van der Waals surface area (Å²) < 4.78 is 0. The second kappa shape index (κ2) is 6.01. The first-order chi connectivity index (χ1) is 10.1. The van der Waals surface area contributed by atoms with Gasteiger partial charge in [-0.15, -0.1) is 0 Å². The van der Waals surface area contributed by atoms with Crippen molar-refractivity contribution in [1.82, 2.24) is 20.4 Å². The van der Waals surface area contributed by atoms with E-state index in [1.807, 2.05) is 9.80 Å². The van der Waals surface area contributed by atoms with E-state index in [9.17, 15) is 14.4 Å². The van der Waals surface area contributed by atoms with Gasteiger partial charge in [-0.05, 0) is 12.8 Å². The highest BCUT2D eigenvalue weighted by Gasteiger charge is 2.36. The number of carbonyl (C=O) groups is 3. The van der Waals surface area contributed by atoms with Crippen molar-refractivity contribution in [3.63, 3.8) is 0 Å². The van der Waals surface area contributed by atoms with Gasteiger partial charge in [-0.2, -0.15) is 0 Å². The Kier molecular flexibility index (Phi) is 4.10. The maximum Gasteiger partial charge on any atom is 0.236 e. The van der Waals surface area contributed by atoms with Gasteiger partial charge in [0.2, 0.25) is 17.7 Å². The quantitative estimate of drug-likeness (QED) is 0.652. The van der Waals surface area contributed by atoms with Crippen molar-refractivity contribution in [3.8, 4) is 0 Å². The molecule has 0 bridgehead atoms. The number of rotatable bonds is 2. The van der Waals surface area contributed by atoms with Crippen LogP contribution < -0.4 is 10.6 Å². The molecule has 7 nitrogen and oxygen atoms in total. The molecule has 0 aromatic rings. The van der Waals surface area contributed by atoms with Gasteiger partial charge >= 0.3 is 0 Å². The smallest absolute Gasteiger partial charge is 0.236 e. The predicted molar refractivity (Wildman–Crippen MR) is 75.3 cm³/mol. The van der Waals surface area contributed by atoms with E-state index in [0.29, 0.717) is 26.1 Å². The van der Waals surface area contributed by atoms with Crippen LogP contribution in [0.1, 0.15) is 19.3 Å². The van der Waals surface area contributed by atoms with Crippen LogP contribution in [0.15, 0.2) is 0 Å². The van der Waals surface area contributed by atoms with E-state index < -0.39 is 0 Å². The molecule has 0 radical (unpaired) electrons. The molecule has 3 saturated heterocycles. The zero-order chi connectivity index (χ0) is 14.8. The van der Waals surface area contributed by atoms with Gasteiger partial charge in [0.25, 0.3) is 0 Å². The summed E-state index contributed by atoms with van der Waals surface area (Å²) in [6, 6.07) is 0.127. The van der Waals surface area contributed by atoms with E-state index in [-0.39, 0.29) is 29.7 Å². The van der Waals surface area contributed by atoms with E-state index in [4.69, 9.17) is 0 Å². The van der Waals surface area contributed by atoms with Crippen molar-refractivity contribution in [1.29, 1.82) is 0 Å². The molecule has 7 heteroatoms. The molecule has 3 amide bonds. The van der Waals surface area contributed by atoms with Crippen LogP contribution in [-0.4, -0.2) is 72.8 Å². The fraction of sp³-hybridized carbons (Fsp3) is 0.786. The predicted octanol–water partition coefficient (Wildman–Crippen LogP) is -1.45. The van der Waals surface area contributed by atoms with Crippen molar-refractivity contribution in [2.45, 2.75) is 25.3 Å². The summed E-state index contributed by atoms with van der Waals surface area (Å²) in [6.07, 6.45) is 2.17. The number of likely N-dealkylation sites (tertiary alicyclic amines) is 1. The number of hydrogen-bond donors (Lipinski definition) is 2. The lowest BCUT2D eigenvalue weighted by molar-refractivity contribution is -0.142. The molecule has 0 aromatic heterocycles. The highest BCUT2D eigenvalue weighted by atomic mass is 16.2. The van der Waals surface area contributed by atoms with Gasteiger partial charge in [-0.1, -0.05) is 0 Å². The first-order valence-electron chi connectivity index (χ1n) is 7.71. The summed E-state index contributed by atoms with van der Waals surface area (Å²) in [5.41, 5.74) is 0. The molecule has 0 spiro atoms. The first kappa shape index (κ1) is 14.3. The Hall–Kier alpha value is -1.63. The molecule has 3 aliphatic rings. The summed E-state index contributed by atoms with van der Waals surface area (Å²) >= 11 is 0. The Bertz CT molecular complexity index is 454. The minimum Gasteiger partial charge on any atom is -0.355 e. The van der Waals surface area contributed by atoms with Gasteiger partial charge in [0, 0.05) is 45.2 Å². The molecule has 3 aliphatic heterocycles. The second-order valence-corrected chi connectivity index (χ2v) is 6.05. The van der Waals surface area contributed by atoms with Gasteiger partial charge in [0.05, 0.1) is 12.5 Å².